The molecule has 1 aliphatic rings. The van der Waals surface area contributed by atoms with E-state index in [2.05, 4.69) is 29.1 Å². The molecule has 0 aromatic carbocycles. The van der Waals surface area contributed by atoms with Crippen LogP contribution in [0.1, 0.15) is 58.2 Å². The summed E-state index contributed by atoms with van der Waals surface area (Å²) < 4.78 is 0. The van der Waals surface area contributed by atoms with E-state index in [1.54, 1.807) is 12.4 Å². The second-order valence-electron chi connectivity index (χ2n) is 6.31. The molecule has 0 saturated heterocycles. The number of aromatic amines is 1. The molecule has 1 aromatic rings. The topological polar surface area (TPSA) is 57.8 Å². The summed E-state index contributed by atoms with van der Waals surface area (Å²) in [6.07, 6.45) is 10.8. The van der Waals surface area contributed by atoms with Crippen LogP contribution in [-0.2, 0) is 11.2 Å². The van der Waals surface area contributed by atoms with Crippen molar-refractivity contribution in [3.63, 3.8) is 0 Å². The van der Waals surface area contributed by atoms with Crippen molar-refractivity contribution in [2.45, 2.75) is 64.8 Å². The van der Waals surface area contributed by atoms with Gasteiger partial charge in [0.25, 0.3) is 0 Å². The van der Waals surface area contributed by atoms with Gasteiger partial charge in [0.15, 0.2) is 0 Å². The number of aromatic nitrogens is 2. The lowest BCUT2D eigenvalue weighted by Gasteiger charge is -2.19. The first-order valence-corrected chi connectivity index (χ1v) is 7.92. The van der Waals surface area contributed by atoms with E-state index in [4.69, 9.17) is 0 Å². The third-order valence-corrected chi connectivity index (χ3v) is 4.47. The summed E-state index contributed by atoms with van der Waals surface area (Å²) in [4.78, 5) is 19.2. The Morgan fingerprint density at radius 1 is 1.40 bits per heavy atom. The number of hydrogen-bond donors (Lipinski definition) is 2. The second kappa shape index (κ2) is 7.46. The number of aryl methyl sites for hydroxylation is 1. The molecule has 4 nitrogen and oxygen atoms in total. The van der Waals surface area contributed by atoms with E-state index >= 15 is 0 Å². The predicted octanol–water partition coefficient (Wildman–Crippen LogP) is 3.06. The molecule has 1 aliphatic carbocycles. The number of H-pyrrole nitrogens is 1. The highest BCUT2D eigenvalue weighted by molar-refractivity contribution is 5.76. The van der Waals surface area contributed by atoms with Crippen LogP contribution in [0.5, 0.6) is 0 Å². The third kappa shape index (κ3) is 4.66. The van der Waals surface area contributed by atoms with Crippen LogP contribution in [0.15, 0.2) is 12.4 Å². The number of rotatable bonds is 5. The summed E-state index contributed by atoms with van der Waals surface area (Å²) in [5.41, 5.74) is 0. The maximum absolute atomic E-state index is 12.0. The van der Waals surface area contributed by atoms with Crippen molar-refractivity contribution in [2.24, 2.45) is 11.8 Å². The van der Waals surface area contributed by atoms with Gasteiger partial charge in [0.05, 0.1) is 0 Å². The first-order valence-electron chi connectivity index (χ1n) is 7.92. The Hall–Kier alpha value is -1.32. The average molecular weight is 277 g/mol. The van der Waals surface area contributed by atoms with Gasteiger partial charge in [0, 0.05) is 31.3 Å². The fourth-order valence-corrected chi connectivity index (χ4v) is 3.11. The summed E-state index contributed by atoms with van der Waals surface area (Å²) in [6, 6.07) is 0.378. The minimum absolute atomic E-state index is 0.161. The molecule has 20 heavy (non-hydrogen) atoms. The van der Waals surface area contributed by atoms with Crippen molar-refractivity contribution in [1.82, 2.24) is 15.3 Å². The summed E-state index contributed by atoms with van der Waals surface area (Å²) in [5, 5.41) is 3.20. The number of imidazole rings is 1. The van der Waals surface area contributed by atoms with Gasteiger partial charge in [-0.15, -0.1) is 0 Å². The number of carbonyl (C=O) groups is 1. The molecule has 0 aliphatic heterocycles. The molecule has 4 heteroatoms. The highest BCUT2D eigenvalue weighted by Crippen LogP contribution is 2.28. The first kappa shape index (κ1) is 15.1. The van der Waals surface area contributed by atoms with Crippen molar-refractivity contribution in [1.29, 1.82) is 0 Å². The van der Waals surface area contributed by atoms with Gasteiger partial charge < -0.3 is 10.3 Å². The van der Waals surface area contributed by atoms with Crippen LogP contribution in [0.25, 0.3) is 0 Å². The van der Waals surface area contributed by atoms with E-state index in [0.717, 1.165) is 30.5 Å². The van der Waals surface area contributed by atoms with Gasteiger partial charge in [-0.25, -0.2) is 4.98 Å². The lowest BCUT2D eigenvalue weighted by molar-refractivity contribution is -0.121. The van der Waals surface area contributed by atoms with Gasteiger partial charge in [-0.3, -0.25) is 4.79 Å². The summed E-state index contributed by atoms with van der Waals surface area (Å²) in [6.45, 7) is 4.62. The molecule has 1 aromatic heterocycles. The van der Waals surface area contributed by atoms with Crippen LogP contribution in [0.3, 0.4) is 0 Å². The highest BCUT2D eigenvalue weighted by Gasteiger charge is 2.21. The Labute approximate surface area is 121 Å². The Balaban J connectivity index is 1.71. The molecule has 1 amide bonds. The van der Waals surface area contributed by atoms with Crippen LogP contribution in [0.2, 0.25) is 0 Å². The Bertz CT molecular complexity index is 400. The van der Waals surface area contributed by atoms with Crippen LogP contribution >= 0.6 is 0 Å². The van der Waals surface area contributed by atoms with Gasteiger partial charge in [-0.2, -0.15) is 0 Å². The molecular weight excluding hydrogens is 250 g/mol. The minimum atomic E-state index is 0.161. The molecule has 1 saturated carbocycles. The SMILES string of the molecule is CC(C)C1CCCC(NC(=O)CCc2ncc[nH]2)CC1. The number of carbonyl (C=O) groups excluding carboxylic acids is 1. The zero-order chi connectivity index (χ0) is 14.4. The highest BCUT2D eigenvalue weighted by atomic mass is 16.1. The van der Waals surface area contributed by atoms with Crippen LogP contribution < -0.4 is 5.32 Å². The maximum atomic E-state index is 12.0. The molecule has 1 heterocycles. The zero-order valence-corrected chi connectivity index (χ0v) is 12.7. The average Bonchev–Trinajstić information content (AvgIpc) is 2.82. The Morgan fingerprint density at radius 3 is 2.95 bits per heavy atom. The van der Waals surface area contributed by atoms with Gasteiger partial charge in [0.2, 0.25) is 5.91 Å². The normalized spacial score (nSPS) is 23.6. The van der Waals surface area contributed by atoms with Gasteiger partial charge >= 0.3 is 0 Å². The van der Waals surface area contributed by atoms with Crippen molar-refractivity contribution in [3.8, 4) is 0 Å². The van der Waals surface area contributed by atoms with Gasteiger partial charge in [-0.05, 0) is 31.1 Å². The summed E-state index contributed by atoms with van der Waals surface area (Å²) >= 11 is 0. The van der Waals surface area contributed by atoms with E-state index < -0.39 is 0 Å². The summed E-state index contributed by atoms with van der Waals surface area (Å²) in [7, 11) is 0. The molecule has 0 spiro atoms. The van der Waals surface area contributed by atoms with Gasteiger partial charge in [-0.1, -0.05) is 26.7 Å². The van der Waals surface area contributed by atoms with E-state index in [1.165, 1.54) is 19.3 Å². The quantitative estimate of drug-likeness (QED) is 0.813. The van der Waals surface area contributed by atoms with Gasteiger partial charge in [0.1, 0.15) is 5.82 Å². The number of nitrogens with one attached hydrogen (secondary N) is 2. The molecule has 2 atom stereocenters. The molecule has 0 radical (unpaired) electrons. The molecule has 1 fully saturated rings. The minimum Gasteiger partial charge on any atom is -0.353 e. The fraction of sp³-hybridized carbons (Fsp3) is 0.750. The molecular formula is C16H27N3O. The van der Waals surface area contributed by atoms with E-state index in [9.17, 15) is 4.79 Å². The fourth-order valence-electron chi connectivity index (χ4n) is 3.11. The van der Waals surface area contributed by atoms with Crippen molar-refractivity contribution in [2.75, 3.05) is 0 Å². The summed E-state index contributed by atoms with van der Waals surface area (Å²) in [5.74, 6) is 2.65. The first-order chi connectivity index (χ1) is 9.65. The third-order valence-electron chi connectivity index (χ3n) is 4.47. The van der Waals surface area contributed by atoms with Crippen molar-refractivity contribution < 1.29 is 4.79 Å². The Morgan fingerprint density at radius 2 is 2.25 bits per heavy atom. The zero-order valence-electron chi connectivity index (χ0n) is 12.7. The number of amides is 1. The lowest BCUT2D eigenvalue weighted by atomic mass is 9.89. The van der Waals surface area contributed by atoms with Crippen molar-refractivity contribution in [3.05, 3.63) is 18.2 Å². The largest absolute Gasteiger partial charge is 0.353 e. The molecule has 2 unspecified atom stereocenters. The standard InChI is InChI=1S/C16H27N3O/c1-12(2)13-4-3-5-14(7-6-13)19-16(20)9-8-15-17-10-11-18-15/h10-14H,3-9H2,1-2H3,(H,17,18)(H,19,20). The molecule has 2 N–H and O–H groups in total. The van der Waals surface area contributed by atoms with E-state index in [-0.39, 0.29) is 5.91 Å². The smallest absolute Gasteiger partial charge is 0.220 e. The van der Waals surface area contributed by atoms with Crippen molar-refractivity contribution >= 4 is 5.91 Å². The monoisotopic (exact) mass is 277 g/mol. The van der Waals surface area contributed by atoms with Crippen LogP contribution in [-0.4, -0.2) is 21.9 Å². The molecule has 0 bridgehead atoms. The molecule has 112 valence electrons. The number of nitrogens with zero attached hydrogens (tertiary/aromatic N) is 1. The lowest BCUT2D eigenvalue weighted by Crippen LogP contribution is -2.34. The van der Waals surface area contributed by atoms with Crippen LogP contribution in [0, 0.1) is 11.8 Å². The predicted molar refractivity (Wildman–Crippen MR) is 80.3 cm³/mol. The second-order valence-corrected chi connectivity index (χ2v) is 6.31. The van der Waals surface area contributed by atoms with Crippen LogP contribution in [0.4, 0.5) is 0 Å². The molecule has 2 rings (SSSR count). The maximum Gasteiger partial charge on any atom is 0.220 e. The Kier molecular flexibility index (Phi) is 5.62. The van der Waals surface area contributed by atoms with E-state index in [0.29, 0.717) is 18.9 Å². The van der Waals surface area contributed by atoms with E-state index in [1.807, 2.05) is 0 Å². The number of hydrogen-bond acceptors (Lipinski definition) is 2.